The van der Waals surface area contributed by atoms with Crippen LogP contribution < -0.4 is 10.9 Å². The number of carbonyl (C=O) groups excluding carboxylic acids is 1. The van der Waals surface area contributed by atoms with E-state index in [9.17, 15) is 14.0 Å². The van der Waals surface area contributed by atoms with Gasteiger partial charge in [0.1, 0.15) is 17.9 Å². The molecule has 30 heavy (non-hydrogen) atoms. The van der Waals surface area contributed by atoms with E-state index in [0.717, 1.165) is 21.1 Å². The highest BCUT2D eigenvalue weighted by atomic mass is 19.1. The summed E-state index contributed by atoms with van der Waals surface area (Å²) in [6.07, 6.45) is 1.61. The Morgan fingerprint density at radius 2 is 1.90 bits per heavy atom. The van der Waals surface area contributed by atoms with E-state index in [4.69, 9.17) is 4.74 Å². The Kier molecular flexibility index (Phi) is 5.58. The average Bonchev–Trinajstić information content (AvgIpc) is 3.06. The highest BCUT2D eigenvalue weighted by Gasteiger charge is 2.17. The smallest absolute Gasteiger partial charge is 0.291 e. The highest BCUT2D eigenvalue weighted by Crippen LogP contribution is 2.27. The lowest BCUT2D eigenvalue weighted by molar-refractivity contribution is -0.122. The minimum atomic E-state index is -0.354. The number of methoxy groups -OCH3 is 1. The molecule has 0 aliphatic rings. The zero-order valence-electron chi connectivity index (χ0n) is 16.5. The number of ether oxygens (including phenoxy) is 1. The number of fused-ring (bicyclic) bond motifs is 3. The molecule has 154 valence electrons. The van der Waals surface area contributed by atoms with Crippen molar-refractivity contribution in [2.75, 3.05) is 20.3 Å². The van der Waals surface area contributed by atoms with Crippen LogP contribution >= 0.6 is 0 Å². The van der Waals surface area contributed by atoms with Gasteiger partial charge in [-0.3, -0.25) is 9.59 Å². The van der Waals surface area contributed by atoms with Crippen molar-refractivity contribution >= 4 is 27.7 Å². The molecule has 0 bridgehead atoms. The van der Waals surface area contributed by atoms with Gasteiger partial charge in [-0.05, 0) is 23.8 Å². The molecule has 0 aliphatic carbocycles. The SMILES string of the molecule is COCCNC(=O)Cn1ncc2c3ccccc3n(Cc3ccc(F)cc3)c2c1=O. The first kappa shape index (κ1) is 19.8. The van der Waals surface area contributed by atoms with Crippen molar-refractivity contribution in [3.8, 4) is 0 Å². The standard InChI is InChI=1S/C22H21FN4O3/c1-30-11-10-24-20(28)14-27-22(29)21-18(12-25-27)17-4-2-3-5-19(17)26(21)13-15-6-8-16(23)9-7-15/h2-9,12H,10-11,13-14H2,1H3,(H,24,28). The number of halogens is 1. The number of carbonyl (C=O) groups is 1. The van der Waals surface area contributed by atoms with E-state index in [1.165, 1.54) is 12.1 Å². The van der Waals surface area contributed by atoms with E-state index in [0.29, 0.717) is 30.6 Å². The van der Waals surface area contributed by atoms with E-state index in [-0.39, 0.29) is 23.8 Å². The maximum Gasteiger partial charge on any atom is 0.291 e. The van der Waals surface area contributed by atoms with E-state index >= 15 is 0 Å². The van der Waals surface area contributed by atoms with Gasteiger partial charge in [-0.1, -0.05) is 30.3 Å². The molecular formula is C22H21FN4O3. The second kappa shape index (κ2) is 8.46. The first-order chi connectivity index (χ1) is 14.6. The van der Waals surface area contributed by atoms with E-state index < -0.39 is 0 Å². The van der Waals surface area contributed by atoms with Crippen LogP contribution in [-0.4, -0.2) is 40.5 Å². The van der Waals surface area contributed by atoms with Crippen LogP contribution in [0.4, 0.5) is 4.39 Å². The number of rotatable bonds is 7. The van der Waals surface area contributed by atoms with Gasteiger partial charge in [0.05, 0.1) is 12.8 Å². The van der Waals surface area contributed by atoms with Crippen LogP contribution in [0.15, 0.2) is 59.5 Å². The van der Waals surface area contributed by atoms with Crippen molar-refractivity contribution in [2.45, 2.75) is 13.1 Å². The number of nitrogens with one attached hydrogen (secondary N) is 1. The van der Waals surface area contributed by atoms with E-state index in [2.05, 4.69) is 10.4 Å². The van der Waals surface area contributed by atoms with Crippen molar-refractivity contribution in [2.24, 2.45) is 0 Å². The van der Waals surface area contributed by atoms with Crippen molar-refractivity contribution in [3.05, 3.63) is 76.5 Å². The van der Waals surface area contributed by atoms with Gasteiger partial charge >= 0.3 is 0 Å². The molecule has 0 aliphatic heterocycles. The van der Waals surface area contributed by atoms with Gasteiger partial charge in [0.25, 0.3) is 5.56 Å². The molecule has 1 amide bonds. The van der Waals surface area contributed by atoms with Crippen LogP contribution in [0.3, 0.4) is 0 Å². The Balaban J connectivity index is 1.79. The van der Waals surface area contributed by atoms with Gasteiger partial charge in [0.15, 0.2) is 0 Å². The normalized spacial score (nSPS) is 11.3. The molecule has 2 aromatic heterocycles. The first-order valence-corrected chi connectivity index (χ1v) is 9.55. The van der Waals surface area contributed by atoms with E-state index in [1.807, 2.05) is 28.8 Å². The van der Waals surface area contributed by atoms with Crippen LogP contribution in [0.25, 0.3) is 21.8 Å². The Hall–Kier alpha value is -3.52. The maximum absolute atomic E-state index is 13.3. The van der Waals surface area contributed by atoms with E-state index in [1.54, 1.807) is 25.4 Å². The Morgan fingerprint density at radius 3 is 2.67 bits per heavy atom. The zero-order valence-corrected chi connectivity index (χ0v) is 16.5. The summed E-state index contributed by atoms with van der Waals surface area (Å²) in [4.78, 5) is 25.4. The second-order valence-electron chi connectivity index (χ2n) is 6.94. The zero-order chi connectivity index (χ0) is 21.1. The summed E-state index contributed by atoms with van der Waals surface area (Å²) >= 11 is 0. The number of aromatic nitrogens is 3. The molecule has 1 N–H and O–H groups in total. The number of amides is 1. The lowest BCUT2D eigenvalue weighted by atomic mass is 10.2. The van der Waals surface area contributed by atoms with Crippen LogP contribution in [0.5, 0.6) is 0 Å². The van der Waals surface area contributed by atoms with Crippen LogP contribution in [0, 0.1) is 5.82 Å². The molecule has 0 radical (unpaired) electrons. The second-order valence-corrected chi connectivity index (χ2v) is 6.94. The topological polar surface area (TPSA) is 78.2 Å². The predicted octanol–water partition coefficient (Wildman–Crippen LogP) is 2.30. The van der Waals surface area contributed by atoms with Crippen LogP contribution in [-0.2, 0) is 22.6 Å². The maximum atomic E-state index is 13.3. The fraction of sp³-hybridized carbons (Fsp3) is 0.227. The summed E-state index contributed by atoms with van der Waals surface area (Å²) in [6.45, 7) is 0.955. The molecule has 0 spiro atoms. The molecule has 4 aromatic rings. The quantitative estimate of drug-likeness (QED) is 0.476. The molecule has 2 aromatic carbocycles. The molecular weight excluding hydrogens is 387 g/mol. The lowest BCUT2D eigenvalue weighted by Gasteiger charge is -2.09. The number of hydrogen-bond acceptors (Lipinski definition) is 4. The monoisotopic (exact) mass is 408 g/mol. The van der Waals surface area contributed by atoms with Crippen molar-refractivity contribution in [1.82, 2.24) is 19.7 Å². The number of nitrogens with zero attached hydrogens (tertiary/aromatic N) is 3. The Bertz CT molecular complexity index is 1260. The van der Waals surface area contributed by atoms with Gasteiger partial charge in [-0.25, -0.2) is 9.07 Å². The largest absolute Gasteiger partial charge is 0.383 e. The third-order valence-corrected chi connectivity index (χ3v) is 4.95. The minimum absolute atomic E-state index is 0.184. The van der Waals surface area contributed by atoms with Crippen LogP contribution in [0.2, 0.25) is 0 Å². The summed E-state index contributed by atoms with van der Waals surface area (Å²) in [5, 5.41) is 8.51. The average molecular weight is 408 g/mol. The Labute approximate surface area is 171 Å². The fourth-order valence-corrected chi connectivity index (χ4v) is 3.53. The molecule has 7 nitrogen and oxygen atoms in total. The lowest BCUT2D eigenvalue weighted by Crippen LogP contribution is -2.35. The molecule has 0 unspecified atom stereocenters. The summed E-state index contributed by atoms with van der Waals surface area (Å²) in [5.41, 5.74) is 1.84. The number of benzene rings is 2. The third-order valence-electron chi connectivity index (χ3n) is 4.95. The minimum Gasteiger partial charge on any atom is -0.383 e. The summed E-state index contributed by atoms with van der Waals surface area (Å²) in [7, 11) is 1.55. The fourth-order valence-electron chi connectivity index (χ4n) is 3.53. The van der Waals surface area contributed by atoms with Crippen molar-refractivity contribution in [3.63, 3.8) is 0 Å². The summed E-state index contributed by atoms with van der Waals surface area (Å²) in [6, 6.07) is 13.8. The number of para-hydroxylation sites is 1. The number of hydrogen-bond donors (Lipinski definition) is 1. The molecule has 4 rings (SSSR count). The van der Waals surface area contributed by atoms with Gasteiger partial charge in [0, 0.05) is 36.5 Å². The molecule has 8 heteroatoms. The van der Waals surface area contributed by atoms with Crippen LogP contribution in [0.1, 0.15) is 5.56 Å². The first-order valence-electron chi connectivity index (χ1n) is 9.55. The third kappa shape index (κ3) is 3.81. The van der Waals surface area contributed by atoms with Crippen molar-refractivity contribution in [1.29, 1.82) is 0 Å². The predicted molar refractivity (Wildman–Crippen MR) is 112 cm³/mol. The van der Waals surface area contributed by atoms with Gasteiger partial charge in [0.2, 0.25) is 5.91 Å². The van der Waals surface area contributed by atoms with Gasteiger partial charge in [-0.15, -0.1) is 0 Å². The van der Waals surface area contributed by atoms with Crippen molar-refractivity contribution < 1.29 is 13.9 Å². The van der Waals surface area contributed by atoms with Gasteiger partial charge in [-0.2, -0.15) is 5.10 Å². The molecule has 0 saturated heterocycles. The summed E-state index contributed by atoms with van der Waals surface area (Å²) in [5.74, 6) is -0.630. The molecule has 0 atom stereocenters. The molecule has 2 heterocycles. The molecule has 0 fully saturated rings. The highest BCUT2D eigenvalue weighted by molar-refractivity contribution is 6.07. The Morgan fingerprint density at radius 1 is 1.13 bits per heavy atom. The van der Waals surface area contributed by atoms with Gasteiger partial charge < -0.3 is 14.6 Å². The molecule has 0 saturated carbocycles. The summed E-state index contributed by atoms with van der Waals surface area (Å²) < 4.78 is 21.3.